The second-order valence-corrected chi connectivity index (χ2v) is 11.2. The van der Waals surface area contributed by atoms with Crippen LogP contribution in [0.15, 0.2) is 33.4 Å². The molecule has 0 spiro atoms. The smallest absolute Gasteiger partial charge is 0.397 e. The van der Waals surface area contributed by atoms with E-state index in [0.29, 0.717) is 6.42 Å². The third kappa shape index (κ3) is 8.09. The van der Waals surface area contributed by atoms with Crippen molar-refractivity contribution < 1.29 is 30.0 Å². The number of rotatable bonds is 12. The molecule has 0 fully saturated rings. The molecule has 13 heteroatoms. The molecule has 0 saturated heterocycles. The topological polar surface area (TPSA) is 136 Å². The average Bonchev–Trinajstić information content (AvgIpc) is 2.62. The molecular weight excluding hydrogens is 469 g/mol. The minimum atomic E-state index is -5.06. The standard InChI is InChI=1S/C19H33F3N4O4S2/c1-4-5-6-7-8-9-10-11-25-32(29,30)15-12-14(13-26(2)3)16(19(20,21)22)18(17(15)23)31(24,27)28/h12-13,16,25H,4-11,23H2,1-3H3,(H2,24,27,28). The number of nitrogens with zero attached hydrogens (tertiary/aromatic N) is 1. The quantitative estimate of drug-likeness (QED) is 0.351. The molecule has 5 N–H and O–H groups in total. The summed E-state index contributed by atoms with van der Waals surface area (Å²) >= 11 is 0. The molecule has 0 heterocycles. The Labute approximate surface area is 188 Å². The summed E-state index contributed by atoms with van der Waals surface area (Å²) in [7, 11) is -6.52. The molecule has 1 atom stereocenters. The molecule has 0 saturated carbocycles. The van der Waals surface area contributed by atoms with Crippen LogP contribution in [-0.2, 0) is 20.0 Å². The van der Waals surface area contributed by atoms with Crippen molar-refractivity contribution in [3.05, 3.63) is 33.4 Å². The number of allylic oxidation sites excluding steroid dienone is 3. The van der Waals surface area contributed by atoms with E-state index < -0.39 is 53.2 Å². The number of hydrogen-bond donors (Lipinski definition) is 3. The van der Waals surface area contributed by atoms with E-state index in [-0.39, 0.29) is 6.54 Å². The fraction of sp³-hybridized carbons (Fsp3) is 0.684. The van der Waals surface area contributed by atoms with Gasteiger partial charge in [0.2, 0.25) is 20.0 Å². The van der Waals surface area contributed by atoms with Crippen LogP contribution in [0.5, 0.6) is 0 Å². The fourth-order valence-corrected chi connectivity index (χ4v) is 5.73. The Kier molecular flexibility index (Phi) is 10.3. The van der Waals surface area contributed by atoms with Gasteiger partial charge in [-0.3, -0.25) is 0 Å². The molecule has 8 nitrogen and oxygen atoms in total. The van der Waals surface area contributed by atoms with Crippen molar-refractivity contribution in [2.45, 2.75) is 58.0 Å². The fourth-order valence-electron chi connectivity index (χ4n) is 3.39. The van der Waals surface area contributed by atoms with Crippen molar-refractivity contribution in [3.8, 4) is 0 Å². The zero-order chi connectivity index (χ0) is 24.7. The molecule has 1 rings (SSSR count). The molecule has 0 aromatic rings. The molecule has 0 aromatic heterocycles. The summed E-state index contributed by atoms with van der Waals surface area (Å²) in [5.74, 6) is -2.68. The first-order valence-electron chi connectivity index (χ1n) is 10.3. The van der Waals surface area contributed by atoms with Crippen LogP contribution in [0.2, 0.25) is 0 Å². The number of primary sulfonamides is 1. The summed E-state index contributed by atoms with van der Waals surface area (Å²) in [6.07, 6.45) is 3.30. The number of hydrogen-bond acceptors (Lipinski definition) is 6. The molecular formula is C19H33F3N4O4S2. The number of unbranched alkanes of at least 4 members (excludes halogenated alkanes) is 6. The summed E-state index contributed by atoms with van der Waals surface area (Å²) in [4.78, 5) is -0.891. The van der Waals surface area contributed by atoms with E-state index in [1.807, 2.05) is 0 Å². The van der Waals surface area contributed by atoms with Crippen LogP contribution >= 0.6 is 0 Å². The molecule has 0 aromatic carbocycles. The van der Waals surface area contributed by atoms with Crippen LogP contribution in [-0.4, -0.2) is 48.6 Å². The lowest BCUT2D eigenvalue weighted by atomic mass is 9.92. The Bertz CT molecular complexity index is 954. The van der Waals surface area contributed by atoms with Crippen LogP contribution in [0.1, 0.15) is 51.9 Å². The van der Waals surface area contributed by atoms with E-state index in [2.05, 4.69) is 11.6 Å². The van der Waals surface area contributed by atoms with Gasteiger partial charge >= 0.3 is 6.18 Å². The highest BCUT2D eigenvalue weighted by Gasteiger charge is 2.51. The minimum absolute atomic E-state index is 0.0425. The number of nitrogens with two attached hydrogens (primary N) is 2. The molecule has 0 bridgehead atoms. The van der Waals surface area contributed by atoms with Gasteiger partial charge in [-0.05, 0) is 18.1 Å². The highest BCUT2D eigenvalue weighted by Crippen LogP contribution is 2.45. The van der Waals surface area contributed by atoms with Gasteiger partial charge in [0.1, 0.15) is 15.7 Å². The molecule has 1 aliphatic rings. The first-order valence-corrected chi connectivity index (χ1v) is 13.3. The van der Waals surface area contributed by atoms with Gasteiger partial charge in [-0.2, -0.15) is 13.2 Å². The SMILES string of the molecule is CCCCCCCCCNS(=O)(=O)C1=CC(=CN(C)C)C(C(F)(F)F)C(S(N)(=O)=O)=C1N. The Morgan fingerprint density at radius 1 is 1.06 bits per heavy atom. The molecule has 0 radical (unpaired) electrons. The van der Waals surface area contributed by atoms with Crippen molar-refractivity contribution in [1.29, 1.82) is 0 Å². The predicted octanol–water partition coefficient (Wildman–Crippen LogP) is 2.64. The van der Waals surface area contributed by atoms with Crippen LogP contribution < -0.4 is 15.6 Å². The summed E-state index contributed by atoms with van der Waals surface area (Å²) in [5, 5.41) is 5.03. The molecule has 32 heavy (non-hydrogen) atoms. The maximum Gasteiger partial charge on any atom is 0.400 e. The van der Waals surface area contributed by atoms with Crippen molar-refractivity contribution in [1.82, 2.24) is 9.62 Å². The third-order valence-electron chi connectivity index (χ3n) is 4.83. The van der Waals surface area contributed by atoms with Gasteiger partial charge in [-0.15, -0.1) is 0 Å². The van der Waals surface area contributed by atoms with Crippen LogP contribution in [0, 0.1) is 5.92 Å². The van der Waals surface area contributed by atoms with Crippen LogP contribution in [0.3, 0.4) is 0 Å². The van der Waals surface area contributed by atoms with Gasteiger partial charge in [0.15, 0.2) is 0 Å². The Morgan fingerprint density at radius 2 is 1.59 bits per heavy atom. The Balaban J connectivity index is 3.21. The van der Waals surface area contributed by atoms with E-state index in [1.165, 1.54) is 19.0 Å². The molecule has 0 aliphatic heterocycles. The molecule has 1 aliphatic carbocycles. The summed E-state index contributed by atoms with van der Waals surface area (Å²) in [5.41, 5.74) is 4.04. The zero-order valence-corrected chi connectivity index (χ0v) is 20.2. The van der Waals surface area contributed by atoms with Gasteiger partial charge < -0.3 is 10.6 Å². The van der Waals surface area contributed by atoms with E-state index in [1.54, 1.807) is 0 Å². The van der Waals surface area contributed by atoms with Crippen molar-refractivity contribution in [2.75, 3.05) is 20.6 Å². The van der Waals surface area contributed by atoms with Crippen molar-refractivity contribution in [3.63, 3.8) is 0 Å². The van der Waals surface area contributed by atoms with Gasteiger partial charge in [0, 0.05) is 26.8 Å². The van der Waals surface area contributed by atoms with E-state index >= 15 is 0 Å². The number of alkyl halides is 3. The lowest BCUT2D eigenvalue weighted by Crippen LogP contribution is -2.39. The van der Waals surface area contributed by atoms with Gasteiger partial charge in [0.05, 0.1) is 5.70 Å². The minimum Gasteiger partial charge on any atom is -0.397 e. The predicted molar refractivity (Wildman–Crippen MR) is 119 cm³/mol. The number of sulfonamides is 2. The van der Waals surface area contributed by atoms with Crippen LogP contribution in [0.25, 0.3) is 0 Å². The largest absolute Gasteiger partial charge is 0.400 e. The highest BCUT2D eigenvalue weighted by molar-refractivity contribution is 7.94. The Hall–Kier alpha value is -1.57. The zero-order valence-electron chi connectivity index (χ0n) is 18.6. The summed E-state index contributed by atoms with van der Waals surface area (Å²) in [6, 6.07) is 0. The van der Waals surface area contributed by atoms with E-state index in [4.69, 9.17) is 10.9 Å². The third-order valence-corrected chi connectivity index (χ3v) is 7.40. The lowest BCUT2D eigenvalue weighted by Gasteiger charge is -2.30. The Morgan fingerprint density at radius 3 is 2.06 bits per heavy atom. The average molecular weight is 503 g/mol. The number of nitrogens with one attached hydrogen (secondary N) is 1. The van der Waals surface area contributed by atoms with Gasteiger partial charge in [-0.1, -0.05) is 45.4 Å². The molecule has 186 valence electrons. The van der Waals surface area contributed by atoms with E-state index in [0.717, 1.165) is 50.8 Å². The first-order chi connectivity index (χ1) is 14.6. The van der Waals surface area contributed by atoms with Crippen molar-refractivity contribution >= 4 is 20.0 Å². The second kappa shape index (κ2) is 11.5. The van der Waals surface area contributed by atoms with E-state index in [9.17, 15) is 30.0 Å². The van der Waals surface area contributed by atoms with Gasteiger partial charge in [0.25, 0.3) is 0 Å². The van der Waals surface area contributed by atoms with Crippen molar-refractivity contribution in [2.24, 2.45) is 16.8 Å². The normalized spacial score (nSPS) is 19.4. The maximum atomic E-state index is 13.8. The summed E-state index contributed by atoms with van der Waals surface area (Å²) < 4.78 is 93.2. The lowest BCUT2D eigenvalue weighted by molar-refractivity contribution is -0.152. The van der Waals surface area contributed by atoms with Gasteiger partial charge in [-0.25, -0.2) is 26.7 Å². The summed E-state index contributed by atoms with van der Waals surface area (Å²) in [6.45, 7) is 2.15. The molecule has 0 amide bonds. The maximum absolute atomic E-state index is 13.8. The number of halogens is 3. The monoisotopic (exact) mass is 502 g/mol. The highest BCUT2D eigenvalue weighted by atomic mass is 32.2. The van der Waals surface area contributed by atoms with Crippen LogP contribution in [0.4, 0.5) is 13.2 Å². The second-order valence-electron chi connectivity index (χ2n) is 7.92. The molecule has 1 unspecified atom stereocenters. The first kappa shape index (κ1) is 28.5.